The Morgan fingerprint density at radius 3 is 2.33 bits per heavy atom. The van der Waals surface area contributed by atoms with Crippen LogP contribution in [0.4, 0.5) is 13.2 Å². The van der Waals surface area contributed by atoms with Crippen LogP contribution in [-0.4, -0.2) is 35.0 Å². The van der Waals surface area contributed by atoms with Gasteiger partial charge in [0.2, 0.25) is 5.91 Å². The summed E-state index contributed by atoms with van der Waals surface area (Å²) in [4.78, 5) is 26.2. The van der Waals surface area contributed by atoms with Crippen LogP contribution in [0.3, 0.4) is 0 Å². The van der Waals surface area contributed by atoms with E-state index in [1.165, 1.54) is 6.20 Å². The second-order valence-electron chi connectivity index (χ2n) is 8.63. The standard InChI is InChI=1S/C19H28F3N3O2/c1-12(2)7-15(17(23)27)25-9-13(5-6-24-10-18(3,4)11-24)14(8-16(25)26)19(20,21)22/h8-9,12,15H,5-7,10-11H2,1-4H3,(H2,23,27). The Morgan fingerprint density at radius 1 is 1.30 bits per heavy atom. The summed E-state index contributed by atoms with van der Waals surface area (Å²) >= 11 is 0. The molecule has 0 radical (unpaired) electrons. The molecule has 1 aromatic rings. The highest BCUT2D eigenvalue weighted by Gasteiger charge is 2.37. The molecule has 0 aliphatic carbocycles. The van der Waals surface area contributed by atoms with Crippen molar-refractivity contribution in [2.75, 3.05) is 19.6 Å². The lowest BCUT2D eigenvalue weighted by Gasteiger charge is -2.46. The van der Waals surface area contributed by atoms with Gasteiger partial charge in [-0.1, -0.05) is 27.7 Å². The van der Waals surface area contributed by atoms with Crippen LogP contribution < -0.4 is 11.3 Å². The molecule has 8 heteroatoms. The van der Waals surface area contributed by atoms with Crippen LogP contribution in [0.5, 0.6) is 0 Å². The zero-order valence-corrected chi connectivity index (χ0v) is 16.3. The monoisotopic (exact) mass is 387 g/mol. The van der Waals surface area contributed by atoms with Gasteiger partial charge in [0, 0.05) is 31.9 Å². The maximum atomic E-state index is 13.4. The van der Waals surface area contributed by atoms with Crippen molar-refractivity contribution in [3.8, 4) is 0 Å². The Bertz CT molecular complexity index is 746. The van der Waals surface area contributed by atoms with Crippen molar-refractivity contribution >= 4 is 5.91 Å². The molecule has 1 atom stereocenters. The summed E-state index contributed by atoms with van der Waals surface area (Å²) in [6.45, 7) is 10.0. The quantitative estimate of drug-likeness (QED) is 0.782. The number of aromatic nitrogens is 1. The number of carbonyl (C=O) groups is 1. The highest BCUT2D eigenvalue weighted by molar-refractivity contribution is 5.78. The SMILES string of the molecule is CC(C)CC(C(N)=O)n1cc(CCN2CC(C)(C)C2)c(C(F)(F)F)cc1=O. The number of nitrogens with zero attached hydrogens (tertiary/aromatic N) is 2. The number of pyridine rings is 1. The van der Waals surface area contributed by atoms with Crippen LogP contribution in [0.2, 0.25) is 0 Å². The van der Waals surface area contributed by atoms with Crippen LogP contribution in [0.25, 0.3) is 0 Å². The predicted molar refractivity (Wildman–Crippen MR) is 97.3 cm³/mol. The molecule has 1 unspecified atom stereocenters. The van der Waals surface area contributed by atoms with Gasteiger partial charge in [-0.3, -0.25) is 9.59 Å². The molecule has 1 aliphatic heterocycles. The van der Waals surface area contributed by atoms with Crippen LogP contribution in [-0.2, 0) is 17.4 Å². The highest BCUT2D eigenvalue weighted by Crippen LogP contribution is 2.33. The summed E-state index contributed by atoms with van der Waals surface area (Å²) in [6, 6.07) is -0.368. The third kappa shape index (κ3) is 5.34. The predicted octanol–water partition coefficient (Wildman–Crippen LogP) is 2.82. The summed E-state index contributed by atoms with van der Waals surface area (Å²) in [5.74, 6) is -0.663. The van der Waals surface area contributed by atoms with Crippen LogP contribution in [0.15, 0.2) is 17.1 Å². The van der Waals surface area contributed by atoms with Crippen molar-refractivity contribution in [1.29, 1.82) is 0 Å². The molecule has 27 heavy (non-hydrogen) atoms. The zero-order valence-electron chi connectivity index (χ0n) is 16.3. The smallest absolute Gasteiger partial charge is 0.368 e. The van der Waals surface area contributed by atoms with E-state index in [9.17, 15) is 22.8 Å². The van der Waals surface area contributed by atoms with Gasteiger partial charge < -0.3 is 15.2 Å². The van der Waals surface area contributed by atoms with Crippen molar-refractivity contribution in [1.82, 2.24) is 9.47 Å². The number of nitrogens with two attached hydrogens (primary N) is 1. The lowest BCUT2D eigenvalue weighted by molar-refractivity contribution is -0.138. The summed E-state index contributed by atoms with van der Waals surface area (Å²) in [7, 11) is 0. The van der Waals surface area contributed by atoms with Crippen molar-refractivity contribution in [3.05, 3.63) is 33.7 Å². The molecule has 5 nitrogen and oxygen atoms in total. The number of hydrogen-bond donors (Lipinski definition) is 1. The van der Waals surface area contributed by atoms with Crippen molar-refractivity contribution in [2.45, 2.75) is 52.8 Å². The minimum atomic E-state index is -4.62. The lowest BCUT2D eigenvalue weighted by atomic mass is 9.84. The molecular formula is C19H28F3N3O2. The first-order chi connectivity index (χ1) is 12.3. The number of carbonyl (C=O) groups excluding carboxylic acids is 1. The molecule has 1 amide bonds. The van der Waals surface area contributed by atoms with E-state index in [1.807, 2.05) is 13.8 Å². The molecule has 0 spiro atoms. The number of primary amides is 1. The number of rotatable bonds is 7. The first kappa shape index (κ1) is 21.5. The first-order valence-corrected chi connectivity index (χ1v) is 9.14. The van der Waals surface area contributed by atoms with E-state index >= 15 is 0 Å². The fraction of sp³-hybridized carbons (Fsp3) is 0.684. The summed E-state index contributed by atoms with van der Waals surface area (Å²) in [6.07, 6.45) is -3.01. The molecule has 0 aromatic carbocycles. The second-order valence-corrected chi connectivity index (χ2v) is 8.63. The van der Waals surface area contributed by atoms with Gasteiger partial charge in [0.15, 0.2) is 0 Å². The minimum absolute atomic E-state index is 0.0156. The lowest BCUT2D eigenvalue weighted by Crippen LogP contribution is -2.53. The summed E-state index contributed by atoms with van der Waals surface area (Å²) in [5.41, 5.74) is 3.81. The van der Waals surface area contributed by atoms with Gasteiger partial charge in [-0.05, 0) is 29.7 Å². The Balaban J connectivity index is 2.36. The highest BCUT2D eigenvalue weighted by atomic mass is 19.4. The molecular weight excluding hydrogens is 359 g/mol. The minimum Gasteiger partial charge on any atom is -0.368 e. The van der Waals surface area contributed by atoms with E-state index in [1.54, 1.807) is 0 Å². The Hall–Kier alpha value is -1.83. The topological polar surface area (TPSA) is 68.3 Å². The number of alkyl halides is 3. The fourth-order valence-electron chi connectivity index (χ4n) is 3.71. The maximum Gasteiger partial charge on any atom is 0.416 e. The van der Waals surface area contributed by atoms with E-state index in [0.29, 0.717) is 19.0 Å². The Kier molecular flexibility index (Phi) is 6.09. The second kappa shape index (κ2) is 7.66. The van der Waals surface area contributed by atoms with Crippen LogP contribution >= 0.6 is 0 Å². The molecule has 152 valence electrons. The van der Waals surface area contributed by atoms with Crippen molar-refractivity contribution in [2.24, 2.45) is 17.1 Å². The van der Waals surface area contributed by atoms with Gasteiger partial charge in [-0.25, -0.2) is 0 Å². The van der Waals surface area contributed by atoms with Gasteiger partial charge in [0.25, 0.3) is 5.56 Å². The normalized spacial score (nSPS) is 18.4. The van der Waals surface area contributed by atoms with Gasteiger partial charge in [0.1, 0.15) is 6.04 Å². The van der Waals surface area contributed by atoms with Gasteiger partial charge in [-0.2, -0.15) is 13.2 Å². The average Bonchev–Trinajstić information content (AvgIpc) is 2.47. The van der Waals surface area contributed by atoms with Gasteiger partial charge >= 0.3 is 6.18 Å². The Labute approximate surface area is 157 Å². The van der Waals surface area contributed by atoms with Gasteiger partial charge in [-0.15, -0.1) is 0 Å². The number of likely N-dealkylation sites (tertiary alicyclic amines) is 1. The van der Waals surface area contributed by atoms with E-state index in [0.717, 1.165) is 17.7 Å². The molecule has 2 heterocycles. The van der Waals surface area contributed by atoms with Crippen LogP contribution in [0, 0.1) is 11.3 Å². The number of hydrogen-bond acceptors (Lipinski definition) is 3. The first-order valence-electron chi connectivity index (χ1n) is 9.14. The van der Waals surface area contributed by atoms with E-state index < -0.39 is 29.2 Å². The van der Waals surface area contributed by atoms with Crippen molar-refractivity contribution < 1.29 is 18.0 Å². The maximum absolute atomic E-state index is 13.4. The van der Waals surface area contributed by atoms with Gasteiger partial charge in [0.05, 0.1) is 5.56 Å². The third-order valence-corrected chi connectivity index (χ3v) is 4.83. The molecule has 1 aromatic heterocycles. The van der Waals surface area contributed by atoms with E-state index in [-0.39, 0.29) is 23.3 Å². The van der Waals surface area contributed by atoms with E-state index in [2.05, 4.69) is 18.7 Å². The zero-order chi connectivity index (χ0) is 20.6. The van der Waals surface area contributed by atoms with E-state index in [4.69, 9.17) is 5.73 Å². The number of halogens is 3. The summed E-state index contributed by atoms with van der Waals surface area (Å²) in [5, 5.41) is 0. The molecule has 1 aliphatic rings. The third-order valence-electron chi connectivity index (χ3n) is 4.83. The van der Waals surface area contributed by atoms with Crippen LogP contribution in [0.1, 0.15) is 51.3 Å². The van der Waals surface area contributed by atoms with Crippen molar-refractivity contribution in [3.63, 3.8) is 0 Å². The largest absolute Gasteiger partial charge is 0.416 e. The molecule has 1 saturated heterocycles. The Morgan fingerprint density at radius 2 is 1.89 bits per heavy atom. The fourth-order valence-corrected chi connectivity index (χ4v) is 3.71. The number of amides is 1. The molecule has 0 saturated carbocycles. The molecule has 2 N–H and O–H groups in total. The molecule has 0 bridgehead atoms. The summed E-state index contributed by atoms with van der Waals surface area (Å²) < 4.78 is 41.3. The molecule has 1 fully saturated rings. The average molecular weight is 387 g/mol. The molecule has 2 rings (SSSR count).